The molecule has 0 aliphatic heterocycles. The molecule has 0 spiro atoms. The Hall–Kier alpha value is -0.660. The summed E-state index contributed by atoms with van der Waals surface area (Å²) in [5, 5.41) is 0. The van der Waals surface area contributed by atoms with Gasteiger partial charge in [0, 0.05) is 0 Å². The van der Waals surface area contributed by atoms with Gasteiger partial charge in [0.2, 0.25) is 0 Å². The van der Waals surface area contributed by atoms with Crippen LogP contribution in [0, 0.1) is 0 Å². The Labute approximate surface area is 183 Å². The number of likely N-dealkylation sites (N-methyl/N-ethyl adjacent to an activating group) is 1. The van der Waals surface area contributed by atoms with E-state index in [9.17, 15) is 14.3 Å². The second kappa shape index (κ2) is 17.0. The third kappa shape index (κ3) is 19.3. The van der Waals surface area contributed by atoms with Crippen LogP contribution < -0.4 is 4.89 Å². The number of hydrogen-bond acceptors (Lipinski definition) is 7. The number of quaternary nitrogens is 1. The molecule has 0 heterocycles. The lowest BCUT2D eigenvalue weighted by molar-refractivity contribution is -0.870. The number of phosphoric ester groups is 1. The zero-order chi connectivity index (χ0) is 22.9. The summed E-state index contributed by atoms with van der Waals surface area (Å²) in [6, 6.07) is 0. The zero-order valence-electron chi connectivity index (χ0n) is 19.7. The van der Waals surface area contributed by atoms with Crippen molar-refractivity contribution in [2.75, 3.05) is 48.0 Å². The van der Waals surface area contributed by atoms with Crippen LogP contribution in [0.1, 0.15) is 77.6 Å². The fourth-order valence-electron chi connectivity index (χ4n) is 2.89. The summed E-state index contributed by atoms with van der Waals surface area (Å²) in [7, 11) is 2.55. The van der Waals surface area contributed by atoms with Gasteiger partial charge in [0.25, 0.3) is 7.82 Å². The predicted octanol–water partition coefficient (Wildman–Crippen LogP) is 4.66. The van der Waals surface area contributed by atoms with Gasteiger partial charge >= 0.3 is 6.16 Å². The first-order chi connectivity index (χ1) is 14.1. The average molecular weight is 454 g/mol. The van der Waals surface area contributed by atoms with E-state index >= 15 is 0 Å². The SMILES string of the molecule is CCCCCCCCCCCCC(COC(=O)OC)OP(=O)([O-])OCC[N+](C)(C)C. The van der Waals surface area contributed by atoms with Gasteiger partial charge in [-0.1, -0.05) is 71.1 Å². The summed E-state index contributed by atoms with van der Waals surface area (Å²) in [5.41, 5.74) is 0. The molecule has 0 saturated heterocycles. The topological polar surface area (TPSA) is 94.1 Å². The normalized spacial score (nSPS) is 14.9. The predicted molar refractivity (Wildman–Crippen MR) is 116 cm³/mol. The molecule has 30 heavy (non-hydrogen) atoms. The molecule has 0 aromatic rings. The van der Waals surface area contributed by atoms with E-state index in [1.54, 1.807) is 0 Å². The maximum atomic E-state index is 12.1. The maximum Gasteiger partial charge on any atom is 0.508 e. The van der Waals surface area contributed by atoms with Crippen molar-refractivity contribution in [3.63, 3.8) is 0 Å². The Bertz CT molecular complexity index is 482. The highest BCUT2D eigenvalue weighted by Gasteiger charge is 2.21. The van der Waals surface area contributed by atoms with E-state index in [2.05, 4.69) is 11.7 Å². The molecular weight excluding hydrogens is 409 g/mol. The van der Waals surface area contributed by atoms with E-state index in [1.807, 2.05) is 21.1 Å². The summed E-state index contributed by atoms with van der Waals surface area (Å²) in [4.78, 5) is 23.4. The van der Waals surface area contributed by atoms with Gasteiger partial charge in [0.1, 0.15) is 25.9 Å². The molecule has 0 rings (SSSR count). The van der Waals surface area contributed by atoms with Crippen molar-refractivity contribution >= 4 is 14.0 Å². The minimum atomic E-state index is -4.48. The number of phosphoric acid groups is 1. The standard InChI is InChI=1S/C21H44NO7P/c1-6-7-8-9-10-11-12-13-14-15-16-20(19-27-21(23)26-5)29-30(24,25)28-18-17-22(2,3)4/h20H,6-19H2,1-5H3. The zero-order valence-corrected chi connectivity index (χ0v) is 20.6. The van der Waals surface area contributed by atoms with Crippen LogP contribution in [0.3, 0.4) is 0 Å². The highest BCUT2D eigenvalue weighted by molar-refractivity contribution is 7.45. The Morgan fingerprint density at radius 2 is 1.50 bits per heavy atom. The van der Waals surface area contributed by atoms with Crippen molar-refractivity contribution in [1.29, 1.82) is 0 Å². The van der Waals surface area contributed by atoms with E-state index in [4.69, 9.17) is 13.8 Å². The van der Waals surface area contributed by atoms with Crippen LogP contribution in [-0.4, -0.2) is 64.8 Å². The van der Waals surface area contributed by atoms with Gasteiger partial charge in [-0.25, -0.2) is 4.79 Å². The molecule has 0 saturated carbocycles. The Morgan fingerprint density at radius 1 is 0.967 bits per heavy atom. The molecule has 0 aromatic carbocycles. The van der Waals surface area contributed by atoms with E-state index in [0.29, 0.717) is 17.4 Å². The van der Waals surface area contributed by atoms with E-state index in [1.165, 1.54) is 52.1 Å². The van der Waals surface area contributed by atoms with Gasteiger partial charge in [-0.2, -0.15) is 0 Å². The van der Waals surface area contributed by atoms with Crippen molar-refractivity contribution in [2.24, 2.45) is 0 Å². The molecule has 2 unspecified atom stereocenters. The number of methoxy groups -OCH3 is 1. The van der Waals surface area contributed by atoms with E-state index in [0.717, 1.165) is 19.3 Å². The molecule has 8 nitrogen and oxygen atoms in total. The molecule has 9 heteroatoms. The number of ether oxygens (including phenoxy) is 2. The molecule has 180 valence electrons. The first kappa shape index (κ1) is 29.3. The van der Waals surface area contributed by atoms with Gasteiger partial charge in [0.05, 0.1) is 28.3 Å². The van der Waals surface area contributed by atoms with E-state index < -0.39 is 20.1 Å². The summed E-state index contributed by atoms with van der Waals surface area (Å²) in [6.45, 7) is 2.59. The second-order valence-electron chi connectivity index (χ2n) is 8.76. The van der Waals surface area contributed by atoms with Gasteiger partial charge in [-0.05, 0) is 6.42 Å². The van der Waals surface area contributed by atoms with Gasteiger partial charge in [0.15, 0.2) is 0 Å². The number of carbonyl (C=O) groups excluding carboxylic acids is 1. The summed E-state index contributed by atoms with van der Waals surface area (Å²) < 4.78 is 32.2. The van der Waals surface area contributed by atoms with Crippen LogP contribution in [0.5, 0.6) is 0 Å². The number of hydrogen-bond donors (Lipinski definition) is 0. The lowest BCUT2D eigenvalue weighted by Crippen LogP contribution is -2.37. The molecule has 0 amide bonds. The molecule has 0 aromatic heterocycles. The summed E-state index contributed by atoms with van der Waals surface area (Å²) in [6.07, 6.45) is 10.6. The lowest BCUT2D eigenvalue weighted by atomic mass is 10.0. The first-order valence-corrected chi connectivity index (χ1v) is 12.7. The Kier molecular flexibility index (Phi) is 16.6. The van der Waals surface area contributed by atoms with E-state index in [-0.39, 0.29) is 13.2 Å². The van der Waals surface area contributed by atoms with Crippen LogP contribution in [0.2, 0.25) is 0 Å². The van der Waals surface area contributed by atoms with Gasteiger partial charge in [-0.3, -0.25) is 4.57 Å². The highest BCUT2D eigenvalue weighted by atomic mass is 31.2. The van der Waals surface area contributed by atoms with Crippen LogP contribution in [0.15, 0.2) is 0 Å². The number of nitrogens with zero attached hydrogens (tertiary/aromatic N) is 1. The average Bonchev–Trinajstić information content (AvgIpc) is 2.65. The molecule has 0 bridgehead atoms. The molecule has 2 atom stereocenters. The molecular formula is C21H44NO7P. The summed E-state index contributed by atoms with van der Waals surface area (Å²) >= 11 is 0. The van der Waals surface area contributed by atoms with Crippen LogP contribution >= 0.6 is 7.82 Å². The summed E-state index contributed by atoms with van der Waals surface area (Å²) in [5.74, 6) is 0. The second-order valence-corrected chi connectivity index (χ2v) is 10.1. The lowest BCUT2D eigenvalue weighted by Gasteiger charge is -2.30. The fourth-order valence-corrected chi connectivity index (χ4v) is 3.78. The monoisotopic (exact) mass is 453 g/mol. The molecule has 0 fully saturated rings. The number of unbranched alkanes of at least 4 members (excludes halogenated alkanes) is 9. The molecule has 0 aliphatic carbocycles. The van der Waals surface area contributed by atoms with Crippen LogP contribution in [0.4, 0.5) is 4.79 Å². The highest BCUT2D eigenvalue weighted by Crippen LogP contribution is 2.40. The molecule has 0 N–H and O–H groups in total. The minimum absolute atomic E-state index is 0.0348. The first-order valence-electron chi connectivity index (χ1n) is 11.2. The van der Waals surface area contributed by atoms with Crippen molar-refractivity contribution in [2.45, 2.75) is 83.7 Å². The van der Waals surface area contributed by atoms with Crippen molar-refractivity contribution < 1.29 is 37.3 Å². The number of rotatable bonds is 19. The van der Waals surface area contributed by atoms with Crippen molar-refractivity contribution in [1.82, 2.24) is 0 Å². The number of carbonyl (C=O) groups is 1. The molecule has 0 radical (unpaired) electrons. The Balaban J connectivity index is 4.24. The smallest absolute Gasteiger partial charge is 0.508 e. The fraction of sp³-hybridized carbons (Fsp3) is 0.952. The molecule has 0 aliphatic rings. The third-order valence-electron chi connectivity index (χ3n) is 4.72. The minimum Gasteiger partial charge on any atom is -0.756 e. The van der Waals surface area contributed by atoms with Crippen LogP contribution in [0.25, 0.3) is 0 Å². The van der Waals surface area contributed by atoms with Crippen molar-refractivity contribution in [3.05, 3.63) is 0 Å². The largest absolute Gasteiger partial charge is 0.756 e. The van der Waals surface area contributed by atoms with Gasteiger partial charge in [-0.15, -0.1) is 0 Å². The maximum absolute atomic E-state index is 12.1. The van der Waals surface area contributed by atoms with Crippen molar-refractivity contribution in [3.8, 4) is 0 Å². The van der Waals surface area contributed by atoms with Gasteiger partial charge < -0.3 is 27.9 Å². The Morgan fingerprint density at radius 3 is 2.00 bits per heavy atom. The van der Waals surface area contributed by atoms with Crippen LogP contribution in [-0.2, 0) is 23.1 Å². The third-order valence-corrected chi connectivity index (χ3v) is 5.78. The quantitative estimate of drug-likeness (QED) is 0.122.